The Kier molecular flexibility index (Phi) is 4.28. The molecular weight excluding hydrogens is 292 g/mol. The minimum atomic E-state index is -0.218. The highest BCUT2D eigenvalue weighted by Crippen LogP contribution is 2.33. The molecule has 1 atom stereocenters. The van der Waals surface area contributed by atoms with Gasteiger partial charge in [-0.05, 0) is 30.2 Å². The number of anilines is 1. The van der Waals surface area contributed by atoms with Gasteiger partial charge in [0.1, 0.15) is 5.75 Å². The first-order valence-corrected chi connectivity index (χ1v) is 7.51. The maximum atomic E-state index is 12.2. The number of nitrogens with one attached hydrogen (secondary N) is 2. The Morgan fingerprint density at radius 3 is 2.74 bits per heavy atom. The molecule has 1 unspecified atom stereocenters. The van der Waals surface area contributed by atoms with Crippen molar-refractivity contribution in [1.82, 2.24) is 5.32 Å². The van der Waals surface area contributed by atoms with Crippen molar-refractivity contribution < 1.29 is 14.3 Å². The van der Waals surface area contributed by atoms with Gasteiger partial charge in [-0.3, -0.25) is 9.59 Å². The van der Waals surface area contributed by atoms with Crippen molar-refractivity contribution >= 4 is 17.5 Å². The van der Waals surface area contributed by atoms with Gasteiger partial charge < -0.3 is 15.4 Å². The van der Waals surface area contributed by atoms with E-state index in [2.05, 4.69) is 10.6 Å². The van der Waals surface area contributed by atoms with Gasteiger partial charge in [0.2, 0.25) is 5.91 Å². The standard InChI is InChI=1S/C18H18N2O3/c1-23-16-9-5-3-7-14(16)17(21)19-11-10-13-12-6-2-4-8-15(12)20-18(13)22/h2-9,13H,10-11H2,1H3,(H,19,21)(H,20,22). The van der Waals surface area contributed by atoms with E-state index in [4.69, 9.17) is 4.74 Å². The molecule has 0 saturated heterocycles. The minimum absolute atomic E-state index is 0.0160. The Morgan fingerprint density at radius 1 is 1.17 bits per heavy atom. The Balaban J connectivity index is 1.62. The zero-order valence-corrected chi connectivity index (χ0v) is 12.8. The SMILES string of the molecule is COc1ccccc1C(=O)NCCC1C(=O)Nc2ccccc21. The van der Waals surface area contributed by atoms with Crippen LogP contribution in [0.2, 0.25) is 0 Å². The summed E-state index contributed by atoms with van der Waals surface area (Å²) in [6.07, 6.45) is 0.559. The molecular formula is C18H18N2O3. The second-order valence-electron chi connectivity index (χ2n) is 5.37. The van der Waals surface area contributed by atoms with Crippen LogP contribution in [0.5, 0.6) is 5.75 Å². The van der Waals surface area contributed by atoms with Crippen molar-refractivity contribution in [1.29, 1.82) is 0 Å². The van der Waals surface area contributed by atoms with E-state index < -0.39 is 0 Å². The Hall–Kier alpha value is -2.82. The van der Waals surface area contributed by atoms with Crippen molar-refractivity contribution in [3.8, 4) is 5.75 Å². The molecule has 2 N–H and O–H groups in total. The van der Waals surface area contributed by atoms with Crippen LogP contribution in [0.1, 0.15) is 28.3 Å². The fourth-order valence-corrected chi connectivity index (χ4v) is 2.82. The maximum absolute atomic E-state index is 12.2. The van der Waals surface area contributed by atoms with E-state index in [0.717, 1.165) is 11.3 Å². The number of fused-ring (bicyclic) bond motifs is 1. The van der Waals surface area contributed by atoms with Gasteiger partial charge in [0.25, 0.3) is 5.91 Å². The summed E-state index contributed by atoms with van der Waals surface area (Å²) in [5.74, 6) is 0.102. The summed E-state index contributed by atoms with van der Waals surface area (Å²) in [4.78, 5) is 24.3. The van der Waals surface area contributed by atoms with Crippen molar-refractivity contribution in [2.24, 2.45) is 0 Å². The molecule has 0 spiro atoms. The van der Waals surface area contributed by atoms with Crippen molar-refractivity contribution in [3.63, 3.8) is 0 Å². The third-order valence-corrected chi connectivity index (χ3v) is 3.98. The normalized spacial score (nSPS) is 15.7. The quantitative estimate of drug-likeness (QED) is 0.892. The van der Waals surface area contributed by atoms with Gasteiger partial charge in [-0.25, -0.2) is 0 Å². The molecule has 0 saturated carbocycles. The minimum Gasteiger partial charge on any atom is -0.496 e. The van der Waals surface area contributed by atoms with Gasteiger partial charge in [0.05, 0.1) is 18.6 Å². The highest BCUT2D eigenvalue weighted by atomic mass is 16.5. The van der Waals surface area contributed by atoms with Crippen LogP contribution in [0.3, 0.4) is 0 Å². The Morgan fingerprint density at radius 2 is 1.91 bits per heavy atom. The third kappa shape index (κ3) is 3.04. The van der Waals surface area contributed by atoms with Crippen LogP contribution in [0.25, 0.3) is 0 Å². The largest absolute Gasteiger partial charge is 0.496 e. The highest BCUT2D eigenvalue weighted by molar-refractivity contribution is 6.03. The number of carbonyl (C=O) groups is 2. The molecule has 0 aromatic heterocycles. The summed E-state index contributed by atoms with van der Waals surface area (Å²) >= 11 is 0. The first-order valence-electron chi connectivity index (χ1n) is 7.51. The van der Waals surface area contributed by atoms with Crippen LogP contribution in [-0.4, -0.2) is 25.5 Å². The second kappa shape index (κ2) is 6.52. The van der Waals surface area contributed by atoms with Gasteiger partial charge >= 0.3 is 0 Å². The van der Waals surface area contributed by atoms with Crippen LogP contribution in [0.15, 0.2) is 48.5 Å². The van der Waals surface area contributed by atoms with E-state index >= 15 is 0 Å². The predicted octanol–water partition coefficient (Wildman–Crippen LogP) is 2.55. The molecule has 2 aromatic rings. The summed E-state index contributed by atoms with van der Waals surface area (Å²) < 4.78 is 5.18. The van der Waals surface area contributed by atoms with Crippen LogP contribution in [-0.2, 0) is 4.79 Å². The number of amides is 2. The molecule has 23 heavy (non-hydrogen) atoms. The summed E-state index contributed by atoms with van der Waals surface area (Å²) in [5, 5.41) is 5.72. The van der Waals surface area contributed by atoms with Gasteiger partial charge in [-0.1, -0.05) is 30.3 Å². The Labute approximate surface area is 134 Å². The molecule has 0 aliphatic carbocycles. The molecule has 5 heteroatoms. The fourth-order valence-electron chi connectivity index (χ4n) is 2.82. The summed E-state index contributed by atoms with van der Waals surface area (Å²) in [5.41, 5.74) is 2.34. The average Bonchev–Trinajstić information content (AvgIpc) is 2.90. The maximum Gasteiger partial charge on any atom is 0.255 e. The molecule has 0 bridgehead atoms. The summed E-state index contributed by atoms with van der Waals surface area (Å²) in [7, 11) is 1.53. The van der Waals surface area contributed by atoms with Gasteiger partial charge in [0, 0.05) is 12.2 Å². The molecule has 0 fully saturated rings. The first kappa shape index (κ1) is 15.1. The van der Waals surface area contributed by atoms with Gasteiger partial charge in [0.15, 0.2) is 0 Å². The second-order valence-corrected chi connectivity index (χ2v) is 5.37. The highest BCUT2D eigenvalue weighted by Gasteiger charge is 2.29. The zero-order valence-electron chi connectivity index (χ0n) is 12.8. The summed E-state index contributed by atoms with van der Waals surface area (Å²) in [6.45, 7) is 0.420. The van der Waals surface area contributed by atoms with Crippen LogP contribution < -0.4 is 15.4 Å². The number of para-hydroxylation sites is 2. The molecule has 0 radical (unpaired) electrons. The molecule has 3 rings (SSSR count). The van der Waals surface area contributed by atoms with Crippen molar-refractivity contribution in [2.45, 2.75) is 12.3 Å². The van der Waals surface area contributed by atoms with E-state index in [1.807, 2.05) is 30.3 Å². The molecule has 2 aromatic carbocycles. The van der Waals surface area contributed by atoms with E-state index in [1.165, 1.54) is 7.11 Å². The average molecular weight is 310 g/mol. The van der Waals surface area contributed by atoms with Gasteiger partial charge in [-0.2, -0.15) is 0 Å². The van der Waals surface area contributed by atoms with Crippen molar-refractivity contribution in [3.05, 3.63) is 59.7 Å². The van der Waals surface area contributed by atoms with E-state index in [-0.39, 0.29) is 17.7 Å². The zero-order chi connectivity index (χ0) is 16.2. The monoisotopic (exact) mass is 310 g/mol. The van der Waals surface area contributed by atoms with Crippen LogP contribution in [0.4, 0.5) is 5.69 Å². The van der Waals surface area contributed by atoms with E-state index in [0.29, 0.717) is 24.3 Å². The molecule has 2 amide bonds. The number of methoxy groups -OCH3 is 1. The van der Waals surface area contributed by atoms with Crippen LogP contribution in [0, 0.1) is 0 Å². The number of benzene rings is 2. The number of rotatable bonds is 5. The molecule has 5 nitrogen and oxygen atoms in total. The number of carbonyl (C=O) groups excluding carboxylic acids is 2. The smallest absolute Gasteiger partial charge is 0.255 e. The number of ether oxygens (including phenoxy) is 1. The summed E-state index contributed by atoms with van der Waals surface area (Å²) in [6, 6.07) is 14.7. The fraction of sp³-hybridized carbons (Fsp3) is 0.222. The lowest BCUT2D eigenvalue weighted by atomic mass is 9.97. The molecule has 1 aliphatic heterocycles. The topological polar surface area (TPSA) is 67.4 Å². The van der Waals surface area contributed by atoms with E-state index in [1.54, 1.807) is 18.2 Å². The first-order chi connectivity index (χ1) is 11.2. The lowest BCUT2D eigenvalue weighted by Crippen LogP contribution is -2.27. The molecule has 1 aliphatic rings. The lowest BCUT2D eigenvalue weighted by Gasteiger charge is -2.11. The number of hydrogen-bond acceptors (Lipinski definition) is 3. The number of hydrogen-bond donors (Lipinski definition) is 2. The Bertz CT molecular complexity index is 743. The van der Waals surface area contributed by atoms with E-state index in [9.17, 15) is 9.59 Å². The predicted molar refractivity (Wildman–Crippen MR) is 87.8 cm³/mol. The van der Waals surface area contributed by atoms with Gasteiger partial charge in [-0.15, -0.1) is 0 Å². The molecule has 1 heterocycles. The third-order valence-electron chi connectivity index (χ3n) is 3.98. The van der Waals surface area contributed by atoms with Crippen molar-refractivity contribution in [2.75, 3.05) is 19.0 Å². The lowest BCUT2D eigenvalue weighted by molar-refractivity contribution is -0.117. The molecule has 118 valence electrons. The van der Waals surface area contributed by atoms with Crippen LogP contribution >= 0.6 is 0 Å².